The van der Waals surface area contributed by atoms with E-state index in [0.717, 1.165) is 16.9 Å². The van der Waals surface area contributed by atoms with Crippen LogP contribution in [0.5, 0.6) is 0 Å². The Balaban J connectivity index is 2.24. The zero-order valence-corrected chi connectivity index (χ0v) is 11.4. The zero-order valence-electron chi connectivity index (χ0n) is 9.82. The van der Waals surface area contributed by atoms with Crippen LogP contribution in [0.2, 0.25) is 5.15 Å². The number of hydrogen-bond acceptors (Lipinski definition) is 5. The van der Waals surface area contributed by atoms with E-state index in [1.165, 1.54) is 6.20 Å². The van der Waals surface area contributed by atoms with Gasteiger partial charge in [-0.25, -0.2) is 9.97 Å². The van der Waals surface area contributed by atoms with E-state index in [0.29, 0.717) is 26.5 Å². The Labute approximate surface area is 113 Å². The van der Waals surface area contributed by atoms with Gasteiger partial charge in [0, 0.05) is 0 Å². The Morgan fingerprint density at radius 1 is 1.50 bits per heavy atom. The van der Waals surface area contributed by atoms with Gasteiger partial charge >= 0.3 is 0 Å². The maximum absolute atomic E-state index is 12.0. The van der Waals surface area contributed by atoms with Gasteiger partial charge in [0.05, 0.1) is 17.6 Å². The van der Waals surface area contributed by atoms with E-state index in [4.69, 9.17) is 17.3 Å². The minimum absolute atomic E-state index is 0.242. The number of aromatic nitrogens is 2. The number of halogens is 1. The molecule has 0 atom stereocenters. The van der Waals surface area contributed by atoms with Crippen molar-refractivity contribution in [3.63, 3.8) is 0 Å². The third-order valence-corrected chi connectivity index (χ3v) is 3.54. The van der Waals surface area contributed by atoms with E-state index < -0.39 is 0 Å². The molecule has 0 bridgehead atoms. The molecule has 94 valence electrons. The number of pyridine rings is 1. The number of aryl methyl sites for hydroxylation is 2. The summed E-state index contributed by atoms with van der Waals surface area (Å²) in [5.41, 5.74) is 7.64. The maximum Gasteiger partial charge on any atom is 0.267 e. The van der Waals surface area contributed by atoms with E-state index in [2.05, 4.69) is 15.3 Å². The maximum atomic E-state index is 12.0. The van der Waals surface area contributed by atoms with Crippen LogP contribution in [-0.4, -0.2) is 15.9 Å². The number of nitrogens with two attached hydrogens (primary N) is 1. The first kappa shape index (κ1) is 12.8. The van der Waals surface area contributed by atoms with Gasteiger partial charge in [-0.2, -0.15) is 0 Å². The SMILES string of the molecule is Cc1cc(Cl)ncc1NC(=O)c1sc(N)nc1C. The van der Waals surface area contributed by atoms with Crippen molar-refractivity contribution in [1.29, 1.82) is 0 Å². The Bertz CT molecular complexity index is 611. The number of anilines is 2. The predicted molar refractivity (Wildman–Crippen MR) is 73.2 cm³/mol. The summed E-state index contributed by atoms with van der Waals surface area (Å²) in [6.07, 6.45) is 1.52. The van der Waals surface area contributed by atoms with Gasteiger partial charge in [-0.1, -0.05) is 22.9 Å². The fourth-order valence-electron chi connectivity index (χ4n) is 1.46. The van der Waals surface area contributed by atoms with Crippen molar-refractivity contribution >= 4 is 39.7 Å². The molecule has 3 N–H and O–H groups in total. The molecule has 2 aromatic heterocycles. The van der Waals surface area contributed by atoms with Gasteiger partial charge < -0.3 is 11.1 Å². The van der Waals surface area contributed by atoms with E-state index in [9.17, 15) is 4.79 Å². The molecule has 0 saturated carbocycles. The second kappa shape index (κ2) is 4.91. The molecule has 2 aromatic rings. The summed E-state index contributed by atoms with van der Waals surface area (Å²) in [5, 5.41) is 3.53. The van der Waals surface area contributed by atoms with E-state index in [1.807, 2.05) is 6.92 Å². The fraction of sp³-hybridized carbons (Fsp3) is 0.182. The number of hydrogen-bond donors (Lipinski definition) is 2. The van der Waals surface area contributed by atoms with Crippen molar-refractivity contribution in [2.24, 2.45) is 0 Å². The molecule has 5 nitrogen and oxygen atoms in total. The van der Waals surface area contributed by atoms with Gasteiger partial charge in [0.25, 0.3) is 5.91 Å². The van der Waals surface area contributed by atoms with E-state index >= 15 is 0 Å². The molecule has 0 aliphatic rings. The molecule has 0 saturated heterocycles. The summed E-state index contributed by atoms with van der Waals surface area (Å²) >= 11 is 6.91. The van der Waals surface area contributed by atoms with Crippen LogP contribution in [-0.2, 0) is 0 Å². The van der Waals surface area contributed by atoms with Crippen LogP contribution in [0.1, 0.15) is 20.9 Å². The van der Waals surface area contributed by atoms with Crippen molar-refractivity contribution in [3.8, 4) is 0 Å². The Kier molecular flexibility index (Phi) is 3.49. The fourth-order valence-corrected chi connectivity index (χ4v) is 2.40. The average molecular weight is 283 g/mol. The summed E-state index contributed by atoms with van der Waals surface area (Å²) in [4.78, 5) is 20.5. The number of nitrogens with zero attached hydrogens (tertiary/aromatic N) is 2. The van der Waals surface area contributed by atoms with E-state index in [1.54, 1.807) is 13.0 Å². The summed E-state index contributed by atoms with van der Waals surface area (Å²) in [7, 11) is 0. The molecule has 18 heavy (non-hydrogen) atoms. The van der Waals surface area contributed by atoms with Crippen LogP contribution in [0.3, 0.4) is 0 Å². The second-order valence-electron chi connectivity index (χ2n) is 3.74. The smallest absolute Gasteiger partial charge is 0.267 e. The van der Waals surface area contributed by atoms with Crippen LogP contribution >= 0.6 is 22.9 Å². The highest BCUT2D eigenvalue weighted by atomic mass is 35.5. The third kappa shape index (κ3) is 2.60. The highest BCUT2D eigenvalue weighted by molar-refractivity contribution is 7.17. The summed E-state index contributed by atoms with van der Waals surface area (Å²) < 4.78 is 0. The number of nitrogen functional groups attached to an aromatic ring is 1. The lowest BCUT2D eigenvalue weighted by Crippen LogP contribution is -2.12. The van der Waals surface area contributed by atoms with Gasteiger partial charge in [-0.3, -0.25) is 4.79 Å². The first-order valence-corrected chi connectivity index (χ1v) is 6.33. The van der Waals surface area contributed by atoms with Crippen LogP contribution < -0.4 is 11.1 Å². The summed E-state index contributed by atoms with van der Waals surface area (Å²) in [6.45, 7) is 3.59. The Hall–Kier alpha value is -1.66. The highest BCUT2D eigenvalue weighted by Gasteiger charge is 2.15. The van der Waals surface area contributed by atoms with Gasteiger partial charge in [0.15, 0.2) is 5.13 Å². The van der Waals surface area contributed by atoms with Crippen LogP contribution in [0.25, 0.3) is 0 Å². The molecule has 7 heteroatoms. The molecule has 0 unspecified atom stereocenters. The van der Waals surface area contributed by atoms with E-state index in [-0.39, 0.29) is 5.91 Å². The number of carbonyl (C=O) groups excluding carboxylic acids is 1. The van der Waals surface area contributed by atoms with Crippen LogP contribution in [0.15, 0.2) is 12.3 Å². The molecule has 0 spiro atoms. The zero-order chi connectivity index (χ0) is 13.3. The van der Waals surface area contributed by atoms with Crippen molar-refractivity contribution in [2.45, 2.75) is 13.8 Å². The van der Waals surface area contributed by atoms with Gasteiger partial charge in [0.2, 0.25) is 0 Å². The number of carbonyl (C=O) groups is 1. The topological polar surface area (TPSA) is 80.9 Å². The number of thiazole rings is 1. The number of amides is 1. The molecular weight excluding hydrogens is 272 g/mol. The Morgan fingerprint density at radius 2 is 2.22 bits per heavy atom. The lowest BCUT2D eigenvalue weighted by Gasteiger charge is -2.07. The third-order valence-electron chi connectivity index (χ3n) is 2.34. The lowest BCUT2D eigenvalue weighted by atomic mass is 10.2. The number of rotatable bonds is 2. The van der Waals surface area contributed by atoms with Gasteiger partial charge in [-0.05, 0) is 25.5 Å². The van der Waals surface area contributed by atoms with Crippen molar-refractivity contribution < 1.29 is 4.79 Å². The summed E-state index contributed by atoms with van der Waals surface area (Å²) in [6, 6.07) is 1.69. The molecule has 2 heterocycles. The van der Waals surface area contributed by atoms with Crippen molar-refractivity contribution in [3.05, 3.63) is 33.6 Å². The first-order valence-electron chi connectivity index (χ1n) is 5.14. The number of nitrogens with one attached hydrogen (secondary N) is 1. The normalized spacial score (nSPS) is 10.4. The molecule has 0 aromatic carbocycles. The minimum Gasteiger partial charge on any atom is -0.375 e. The quantitative estimate of drug-likeness (QED) is 0.830. The molecule has 0 aliphatic heterocycles. The molecule has 0 fully saturated rings. The standard InChI is InChI=1S/C11H11ClN4OS/c1-5-3-8(12)14-4-7(5)16-10(17)9-6(2)15-11(13)18-9/h3-4H,1-2H3,(H2,13,15)(H,16,17). The van der Waals surface area contributed by atoms with Crippen LogP contribution in [0, 0.1) is 13.8 Å². The lowest BCUT2D eigenvalue weighted by molar-refractivity contribution is 0.102. The molecule has 0 aliphatic carbocycles. The summed E-state index contributed by atoms with van der Waals surface area (Å²) in [5.74, 6) is -0.242. The molecular formula is C11H11ClN4OS. The molecule has 2 rings (SSSR count). The minimum atomic E-state index is -0.242. The highest BCUT2D eigenvalue weighted by Crippen LogP contribution is 2.22. The predicted octanol–water partition coefficient (Wildman–Crippen LogP) is 2.64. The van der Waals surface area contributed by atoms with Crippen molar-refractivity contribution in [1.82, 2.24) is 9.97 Å². The van der Waals surface area contributed by atoms with Gasteiger partial charge in [0.1, 0.15) is 10.0 Å². The second-order valence-corrected chi connectivity index (χ2v) is 5.16. The van der Waals surface area contributed by atoms with Gasteiger partial charge in [-0.15, -0.1) is 0 Å². The molecule has 0 radical (unpaired) electrons. The Morgan fingerprint density at radius 3 is 2.78 bits per heavy atom. The largest absolute Gasteiger partial charge is 0.375 e. The monoisotopic (exact) mass is 282 g/mol. The van der Waals surface area contributed by atoms with Crippen LogP contribution in [0.4, 0.5) is 10.8 Å². The molecule has 1 amide bonds. The van der Waals surface area contributed by atoms with Crippen molar-refractivity contribution in [2.75, 3.05) is 11.1 Å². The average Bonchev–Trinajstić information content (AvgIpc) is 2.62. The first-order chi connectivity index (χ1) is 8.47.